The number of rotatable bonds is 3. The molecule has 0 unspecified atom stereocenters. The second-order valence-corrected chi connectivity index (χ2v) is 4.33. The second kappa shape index (κ2) is 5.71. The van der Waals surface area contributed by atoms with Gasteiger partial charge in [-0.15, -0.1) is 0 Å². The number of esters is 1. The third-order valence-electron chi connectivity index (χ3n) is 2.68. The van der Waals surface area contributed by atoms with Crippen molar-refractivity contribution in [2.45, 2.75) is 0 Å². The van der Waals surface area contributed by atoms with Crippen molar-refractivity contribution in [3.8, 4) is 11.1 Å². The number of benzene rings is 1. The summed E-state index contributed by atoms with van der Waals surface area (Å²) in [6, 6.07) is 7.87. The number of aromatic carboxylic acids is 1. The van der Waals surface area contributed by atoms with Gasteiger partial charge in [-0.3, -0.25) is 0 Å². The Balaban J connectivity index is 2.50. The van der Waals surface area contributed by atoms with Crippen LogP contribution >= 0.6 is 11.6 Å². The second-order valence-electron chi connectivity index (χ2n) is 3.92. The maximum absolute atomic E-state index is 11.6. The lowest BCUT2D eigenvalue weighted by Gasteiger charge is -2.07. The lowest BCUT2D eigenvalue weighted by molar-refractivity contribution is 0.0600. The molecule has 2 aromatic rings. The van der Waals surface area contributed by atoms with E-state index in [1.807, 2.05) is 0 Å². The van der Waals surface area contributed by atoms with Gasteiger partial charge in [0.1, 0.15) is 5.69 Å². The molecule has 1 heterocycles. The van der Waals surface area contributed by atoms with Crippen molar-refractivity contribution in [3.05, 3.63) is 52.8 Å². The molecule has 0 amide bonds. The summed E-state index contributed by atoms with van der Waals surface area (Å²) in [5, 5.41) is 9.19. The van der Waals surface area contributed by atoms with Crippen molar-refractivity contribution in [1.82, 2.24) is 4.98 Å². The maximum Gasteiger partial charge on any atom is 0.354 e. The Morgan fingerprint density at radius 1 is 1.20 bits per heavy atom. The summed E-state index contributed by atoms with van der Waals surface area (Å²) in [5.41, 5.74) is 1.43. The fourth-order valence-electron chi connectivity index (χ4n) is 1.70. The van der Waals surface area contributed by atoms with Crippen LogP contribution in [-0.4, -0.2) is 29.1 Å². The Morgan fingerprint density at radius 2 is 1.90 bits per heavy atom. The van der Waals surface area contributed by atoms with Crippen LogP contribution in [-0.2, 0) is 4.74 Å². The van der Waals surface area contributed by atoms with Gasteiger partial charge in [-0.25, -0.2) is 14.6 Å². The van der Waals surface area contributed by atoms with Crippen molar-refractivity contribution in [2.24, 2.45) is 0 Å². The molecule has 0 atom stereocenters. The number of carboxylic acids is 1. The van der Waals surface area contributed by atoms with E-state index in [9.17, 15) is 9.59 Å². The van der Waals surface area contributed by atoms with Gasteiger partial charge in [0, 0.05) is 6.20 Å². The Labute approximate surface area is 119 Å². The van der Waals surface area contributed by atoms with Gasteiger partial charge in [0.05, 0.1) is 17.7 Å². The van der Waals surface area contributed by atoms with Gasteiger partial charge in [-0.05, 0) is 35.4 Å². The van der Waals surface area contributed by atoms with E-state index in [0.29, 0.717) is 11.1 Å². The normalized spacial score (nSPS) is 10.1. The van der Waals surface area contributed by atoms with Crippen LogP contribution in [0.25, 0.3) is 11.1 Å². The Kier molecular flexibility index (Phi) is 4.00. The molecule has 0 saturated heterocycles. The number of carbonyl (C=O) groups excluding carboxylic acids is 1. The molecule has 0 aliphatic heterocycles. The van der Waals surface area contributed by atoms with Crippen molar-refractivity contribution in [2.75, 3.05) is 7.11 Å². The molecule has 0 radical (unpaired) electrons. The van der Waals surface area contributed by atoms with Crippen LogP contribution in [0.3, 0.4) is 0 Å². The number of ether oxygens (including phenoxy) is 1. The predicted molar refractivity (Wildman–Crippen MR) is 73.0 cm³/mol. The molecule has 102 valence electrons. The first-order valence-electron chi connectivity index (χ1n) is 5.60. The van der Waals surface area contributed by atoms with E-state index in [1.165, 1.54) is 19.4 Å². The summed E-state index contributed by atoms with van der Waals surface area (Å²) in [4.78, 5) is 26.2. The minimum Gasteiger partial charge on any atom is -0.477 e. The monoisotopic (exact) mass is 291 g/mol. The topological polar surface area (TPSA) is 76.5 Å². The van der Waals surface area contributed by atoms with Crippen molar-refractivity contribution >= 4 is 23.5 Å². The summed E-state index contributed by atoms with van der Waals surface area (Å²) >= 11 is 5.93. The highest BCUT2D eigenvalue weighted by Crippen LogP contribution is 2.26. The highest BCUT2D eigenvalue weighted by molar-refractivity contribution is 6.33. The van der Waals surface area contributed by atoms with Gasteiger partial charge in [-0.1, -0.05) is 17.7 Å². The zero-order chi connectivity index (χ0) is 14.7. The quantitative estimate of drug-likeness (QED) is 0.880. The van der Waals surface area contributed by atoms with Gasteiger partial charge in [-0.2, -0.15) is 0 Å². The van der Waals surface area contributed by atoms with E-state index in [0.717, 1.165) is 0 Å². The van der Waals surface area contributed by atoms with Gasteiger partial charge in [0.2, 0.25) is 0 Å². The molecule has 0 fully saturated rings. The van der Waals surface area contributed by atoms with Crippen molar-refractivity contribution in [1.29, 1.82) is 0 Å². The van der Waals surface area contributed by atoms with Gasteiger partial charge in [0.25, 0.3) is 0 Å². The molecule has 0 saturated carbocycles. The third kappa shape index (κ3) is 2.78. The number of carbonyl (C=O) groups is 2. The lowest BCUT2D eigenvalue weighted by Crippen LogP contribution is -2.03. The Morgan fingerprint density at radius 3 is 2.55 bits per heavy atom. The first-order valence-corrected chi connectivity index (χ1v) is 5.98. The first kappa shape index (κ1) is 14.0. The number of nitrogens with zero attached hydrogens (tertiary/aromatic N) is 1. The predicted octanol–water partition coefficient (Wildman–Crippen LogP) is 2.89. The van der Waals surface area contributed by atoms with Crippen LogP contribution in [0, 0.1) is 0 Å². The van der Waals surface area contributed by atoms with E-state index in [2.05, 4.69) is 9.72 Å². The number of carboxylic acid groups (broad SMARTS) is 1. The molecule has 0 aliphatic carbocycles. The van der Waals surface area contributed by atoms with Crippen LogP contribution in [0.5, 0.6) is 0 Å². The molecule has 1 N–H and O–H groups in total. The number of hydrogen-bond acceptors (Lipinski definition) is 4. The summed E-state index contributed by atoms with van der Waals surface area (Å²) in [6.07, 6.45) is 1.39. The molecule has 20 heavy (non-hydrogen) atoms. The molecular weight excluding hydrogens is 282 g/mol. The standard InChI is InChI=1S/C14H10ClNO4/c1-20-14(19)10-6-8(2-3-11(10)15)9-4-5-16-12(7-9)13(17)18/h2-7H,1H3,(H,17,18). The summed E-state index contributed by atoms with van der Waals surface area (Å²) in [6.45, 7) is 0. The van der Waals surface area contributed by atoms with Crippen molar-refractivity contribution < 1.29 is 19.4 Å². The summed E-state index contributed by atoms with van der Waals surface area (Å²) in [7, 11) is 1.26. The smallest absolute Gasteiger partial charge is 0.354 e. The number of pyridine rings is 1. The zero-order valence-electron chi connectivity index (χ0n) is 10.5. The van der Waals surface area contributed by atoms with Gasteiger partial charge >= 0.3 is 11.9 Å². The van der Waals surface area contributed by atoms with E-state index < -0.39 is 11.9 Å². The molecule has 1 aromatic heterocycles. The fraction of sp³-hybridized carbons (Fsp3) is 0.0714. The van der Waals surface area contributed by atoms with Crippen LogP contribution in [0.2, 0.25) is 5.02 Å². The molecule has 5 nitrogen and oxygen atoms in total. The van der Waals surface area contributed by atoms with Crippen molar-refractivity contribution in [3.63, 3.8) is 0 Å². The largest absolute Gasteiger partial charge is 0.477 e. The SMILES string of the molecule is COC(=O)c1cc(-c2ccnc(C(=O)O)c2)ccc1Cl. The number of halogens is 1. The molecule has 0 spiro atoms. The molecule has 6 heteroatoms. The van der Waals surface area contributed by atoms with E-state index in [1.54, 1.807) is 24.3 Å². The van der Waals surface area contributed by atoms with Crippen LogP contribution in [0.1, 0.15) is 20.8 Å². The zero-order valence-corrected chi connectivity index (χ0v) is 11.2. The molecule has 1 aromatic carbocycles. The third-order valence-corrected chi connectivity index (χ3v) is 3.01. The first-order chi connectivity index (χ1) is 9.52. The van der Waals surface area contributed by atoms with Crippen LogP contribution in [0.4, 0.5) is 0 Å². The summed E-state index contributed by atoms with van der Waals surface area (Å²) < 4.78 is 4.64. The highest BCUT2D eigenvalue weighted by Gasteiger charge is 2.13. The Bertz CT molecular complexity index is 685. The molecule has 0 aliphatic rings. The lowest BCUT2D eigenvalue weighted by atomic mass is 10.0. The molecular formula is C14H10ClNO4. The average Bonchev–Trinajstić information content (AvgIpc) is 2.47. The highest BCUT2D eigenvalue weighted by atomic mass is 35.5. The Hall–Kier alpha value is -2.40. The minimum atomic E-state index is -1.12. The molecule has 0 bridgehead atoms. The van der Waals surface area contributed by atoms with Crippen LogP contribution in [0.15, 0.2) is 36.5 Å². The number of hydrogen-bond donors (Lipinski definition) is 1. The van der Waals surface area contributed by atoms with E-state index in [-0.39, 0.29) is 16.3 Å². The minimum absolute atomic E-state index is 0.0722. The summed E-state index contributed by atoms with van der Waals surface area (Å²) in [5.74, 6) is -1.67. The number of aromatic nitrogens is 1. The van der Waals surface area contributed by atoms with Gasteiger partial charge < -0.3 is 9.84 Å². The fourth-order valence-corrected chi connectivity index (χ4v) is 1.89. The average molecular weight is 292 g/mol. The number of methoxy groups -OCH3 is 1. The van der Waals surface area contributed by atoms with E-state index >= 15 is 0 Å². The van der Waals surface area contributed by atoms with Crippen LogP contribution < -0.4 is 0 Å². The maximum atomic E-state index is 11.6. The molecule has 2 rings (SSSR count). The van der Waals surface area contributed by atoms with E-state index in [4.69, 9.17) is 16.7 Å². The van der Waals surface area contributed by atoms with Gasteiger partial charge in [0.15, 0.2) is 0 Å².